The lowest BCUT2D eigenvalue weighted by atomic mass is 9.85. The second-order valence-corrected chi connectivity index (χ2v) is 8.18. The molecular weight excluding hydrogens is 402 g/mol. The summed E-state index contributed by atoms with van der Waals surface area (Å²) in [7, 11) is 0. The molecular formula is C30H23N3. The number of nitrogens with two attached hydrogens (primary N) is 1. The molecule has 158 valence electrons. The Bertz CT molecular complexity index is 1430. The smallest absolute Gasteiger partial charge is 0.0896 e. The van der Waals surface area contributed by atoms with Crippen LogP contribution in [0.3, 0.4) is 0 Å². The second-order valence-electron chi connectivity index (χ2n) is 8.18. The van der Waals surface area contributed by atoms with Crippen LogP contribution in [0.5, 0.6) is 0 Å². The molecule has 0 spiro atoms. The van der Waals surface area contributed by atoms with Crippen molar-refractivity contribution in [1.29, 1.82) is 0 Å². The summed E-state index contributed by atoms with van der Waals surface area (Å²) >= 11 is 0. The molecule has 0 radical (unpaired) electrons. The highest BCUT2D eigenvalue weighted by atomic mass is 15.4. The van der Waals surface area contributed by atoms with Crippen LogP contribution in [0.4, 0.5) is 22.7 Å². The summed E-state index contributed by atoms with van der Waals surface area (Å²) in [6.45, 7) is 0. The van der Waals surface area contributed by atoms with Gasteiger partial charge in [0.2, 0.25) is 0 Å². The molecule has 0 saturated carbocycles. The van der Waals surface area contributed by atoms with Crippen molar-refractivity contribution in [3.63, 3.8) is 0 Å². The van der Waals surface area contributed by atoms with Gasteiger partial charge in [-0.1, -0.05) is 103 Å². The third-order valence-electron chi connectivity index (χ3n) is 6.18. The van der Waals surface area contributed by atoms with Crippen molar-refractivity contribution in [3.8, 4) is 33.4 Å². The summed E-state index contributed by atoms with van der Waals surface area (Å²) in [5.74, 6) is 6.83. The molecule has 3 N–H and O–H groups in total. The predicted molar refractivity (Wildman–Crippen MR) is 139 cm³/mol. The van der Waals surface area contributed by atoms with E-state index in [-0.39, 0.29) is 0 Å². The van der Waals surface area contributed by atoms with Gasteiger partial charge in [-0.25, -0.2) is 5.84 Å². The molecule has 0 fully saturated rings. The molecule has 3 heteroatoms. The summed E-state index contributed by atoms with van der Waals surface area (Å²) in [6, 6.07) is 42.1. The first-order valence-corrected chi connectivity index (χ1v) is 11.1. The lowest BCUT2D eigenvalue weighted by Crippen LogP contribution is -2.30. The largest absolute Gasteiger partial charge is 0.352 e. The van der Waals surface area contributed by atoms with Crippen molar-refractivity contribution in [2.75, 3.05) is 10.3 Å². The van der Waals surface area contributed by atoms with Crippen LogP contribution in [-0.4, -0.2) is 0 Å². The highest BCUT2D eigenvalue weighted by Gasteiger charge is 2.28. The van der Waals surface area contributed by atoms with Crippen molar-refractivity contribution in [2.45, 2.75) is 0 Å². The van der Waals surface area contributed by atoms with Crippen molar-refractivity contribution in [1.82, 2.24) is 0 Å². The molecule has 0 bridgehead atoms. The van der Waals surface area contributed by atoms with E-state index in [4.69, 9.17) is 5.84 Å². The van der Waals surface area contributed by atoms with Crippen molar-refractivity contribution >= 4 is 22.7 Å². The van der Waals surface area contributed by atoms with Crippen molar-refractivity contribution in [3.05, 3.63) is 121 Å². The number of nitrogens with one attached hydrogen (secondary N) is 1. The molecule has 0 saturated heterocycles. The van der Waals surface area contributed by atoms with Crippen LogP contribution in [0, 0.1) is 0 Å². The number of anilines is 4. The maximum Gasteiger partial charge on any atom is 0.0896 e. The number of fused-ring (bicyclic) bond motifs is 2. The molecule has 6 rings (SSSR count). The number of rotatable bonds is 3. The summed E-state index contributed by atoms with van der Waals surface area (Å²) < 4.78 is 0. The highest BCUT2D eigenvalue weighted by molar-refractivity contribution is 6.08. The molecule has 3 nitrogen and oxygen atoms in total. The van der Waals surface area contributed by atoms with Gasteiger partial charge in [0.05, 0.1) is 22.7 Å². The van der Waals surface area contributed by atoms with Crippen LogP contribution in [-0.2, 0) is 0 Å². The van der Waals surface area contributed by atoms with Crippen LogP contribution in [0.15, 0.2) is 121 Å². The van der Waals surface area contributed by atoms with Gasteiger partial charge in [0.1, 0.15) is 0 Å². The zero-order chi connectivity index (χ0) is 22.2. The maximum absolute atomic E-state index is 6.83. The minimum atomic E-state index is 0.952. The van der Waals surface area contributed by atoms with Gasteiger partial charge in [-0.05, 0) is 46.0 Å². The van der Waals surface area contributed by atoms with Gasteiger partial charge in [-0.2, -0.15) is 0 Å². The fourth-order valence-electron chi connectivity index (χ4n) is 4.71. The quantitative estimate of drug-likeness (QED) is 0.290. The minimum absolute atomic E-state index is 0.952. The van der Waals surface area contributed by atoms with Gasteiger partial charge in [0.25, 0.3) is 0 Å². The second kappa shape index (κ2) is 7.97. The Balaban J connectivity index is 1.75. The van der Waals surface area contributed by atoms with Crippen molar-refractivity contribution in [2.24, 2.45) is 5.84 Å². The van der Waals surface area contributed by atoms with E-state index < -0.39 is 0 Å². The Morgan fingerprint density at radius 1 is 0.515 bits per heavy atom. The first-order chi connectivity index (χ1) is 16.3. The fourth-order valence-corrected chi connectivity index (χ4v) is 4.71. The molecule has 0 aliphatic carbocycles. The summed E-state index contributed by atoms with van der Waals surface area (Å²) in [6.07, 6.45) is 0. The zero-order valence-electron chi connectivity index (χ0n) is 18.1. The van der Waals surface area contributed by atoms with E-state index in [9.17, 15) is 0 Å². The number of para-hydroxylation sites is 2. The molecule has 1 heterocycles. The molecule has 5 aromatic carbocycles. The Hall–Kier alpha value is -4.34. The van der Waals surface area contributed by atoms with Crippen LogP contribution in [0.25, 0.3) is 33.4 Å². The molecule has 0 atom stereocenters. The summed E-state index contributed by atoms with van der Waals surface area (Å²) in [5.41, 5.74) is 10.8. The molecule has 1 aliphatic rings. The zero-order valence-corrected chi connectivity index (χ0v) is 18.1. The third-order valence-corrected chi connectivity index (χ3v) is 6.18. The lowest BCUT2D eigenvalue weighted by Gasteiger charge is -2.34. The SMILES string of the molecule is NN1c2ccccc2Nc2cc(-c3ccccc3)c(-c3ccccc3)c(-c3ccccc3)c21. The third kappa shape index (κ3) is 3.27. The predicted octanol–water partition coefficient (Wildman–Crippen LogP) is 7.76. The van der Waals surface area contributed by atoms with Gasteiger partial charge < -0.3 is 5.32 Å². The molecule has 0 amide bonds. The molecule has 33 heavy (non-hydrogen) atoms. The number of hydrogen-bond acceptors (Lipinski definition) is 3. The van der Waals surface area contributed by atoms with Crippen LogP contribution in [0.1, 0.15) is 0 Å². The van der Waals surface area contributed by atoms with E-state index in [0.717, 1.165) is 39.4 Å². The monoisotopic (exact) mass is 425 g/mol. The van der Waals surface area contributed by atoms with E-state index in [1.807, 2.05) is 29.3 Å². The topological polar surface area (TPSA) is 41.3 Å². The Labute approximate surface area is 193 Å². The van der Waals surface area contributed by atoms with Crippen LogP contribution < -0.4 is 16.2 Å². The van der Waals surface area contributed by atoms with Crippen LogP contribution in [0.2, 0.25) is 0 Å². The first kappa shape index (κ1) is 19.4. The first-order valence-electron chi connectivity index (χ1n) is 11.1. The Morgan fingerprint density at radius 3 is 1.67 bits per heavy atom. The average molecular weight is 426 g/mol. The normalized spacial score (nSPS) is 12.0. The fraction of sp³-hybridized carbons (Fsp3) is 0. The van der Waals surface area contributed by atoms with E-state index in [2.05, 4.69) is 102 Å². The summed E-state index contributed by atoms with van der Waals surface area (Å²) in [5, 5.41) is 5.47. The molecule has 0 unspecified atom stereocenters. The lowest BCUT2D eigenvalue weighted by molar-refractivity contribution is 1.08. The number of hydrazine groups is 1. The molecule has 1 aliphatic heterocycles. The average Bonchev–Trinajstić information content (AvgIpc) is 2.89. The molecule has 0 aromatic heterocycles. The van der Waals surface area contributed by atoms with E-state index in [1.54, 1.807) is 0 Å². The minimum Gasteiger partial charge on any atom is -0.352 e. The molecule has 5 aromatic rings. The number of benzene rings is 5. The summed E-state index contributed by atoms with van der Waals surface area (Å²) in [4.78, 5) is 0. The van der Waals surface area contributed by atoms with E-state index in [1.165, 1.54) is 16.7 Å². The van der Waals surface area contributed by atoms with Gasteiger partial charge >= 0.3 is 0 Å². The maximum atomic E-state index is 6.83. The standard InChI is InChI=1S/C30H23N3/c31-33-27-19-11-10-18-25(27)32-26-20-24(21-12-4-1-5-13-21)28(22-14-6-2-7-15-22)29(30(26)33)23-16-8-3-9-17-23/h1-20,32H,31H2. The van der Waals surface area contributed by atoms with E-state index in [0.29, 0.717) is 0 Å². The van der Waals surface area contributed by atoms with Gasteiger partial charge in [-0.3, -0.25) is 5.01 Å². The van der Waals surface area contributed by atoms with Gasteiger partial charge in [-0.15, -0.1) is 0 Å². The Morgan fingerprint density at radius 2 is 1.03 bits per heavy atom. The number of hydrogen-bond donors (Lipinski definition) is 2. The van der Waals surface area contributed by atoms with Crippen molar-refractivity contribution < 1.29 is 0 Å². The van der Waals surface area contributed by atoms with E-state index >= 15 is 0 Å². The highest BCUT2D eigenvalue weighted by Crippen LogP contribution is 2.53. The number of nitrogens with zero attached hydrogens (tertiary/aromatic N) is 1. The van der Waals surface area contributed by atoms with Gasteiger partial charge in [0, 0.05) is 5.56 Å². The van der Waals surface area contributed by atoms with Gasteiger partial charge in [0.15, 0.2) is 0 Å². The Kier molecular flexibility index (Phi) is 4.68. The van der Waals surface area contributed by atoms with Crippen LogP contribution >= 0.6 is 0 Å².